The monoisotopic (exact) mass is 369 g/mol. The van der Waals surface area contributed by atoms with Crippen LogP contribution in [0, 0.1) is 17.8 Å². The molecule has 0 aromatic carbocycles. The molecular weight excluding hydrogens is 342 g/mol. The Morgan fingerprint density at radius 1 is 1.19 bits per heavy atom. The molecule has 7 nitrogen and oxygen atoms in total. The number of carbonyl (C=O) groups excluding carboxylic acids is 2. The van der Waals surface area contributed by atoms with Gasteiger partial charge >= 0.3 is 6.03 Å². The number of hydrogen-bond acceptors (Lipinski definition) is 4. The molecule has 27 heavy (non-hydrogen) atoms. The van der Waals surface area contributed by atoms with E-state index in [1.807, 2.05) is 15.9 Å². The Kier molecular flexibility index (Phi) is 5.01. The van der Waals surface area contributed by atoms with E-state index in [1.54, 1.807) is 18.3 Å². The molecule has 1 aliphatic carbocycles. The lowest BCUT2D eigenvalue weighted by atomic mass is 10.2. The van der Waals surface area contributed by atoms with Crippen molar-refractivity contribution in [2.75, 3.05) is 38.5 Å². The van der Waals surface area contributed by atoms with Crippen molar-refractivity contribution in [3.8, 4) is 0 Å². The van der Waals surface area contributed by atoms with Crippen molar-refractivity contribution in [2.45, 2.75) is 19.3 Å². The first-order valence-corrected chi connectivity index (χ1v) is 9.83. The number of nitrogens with zero attached hydrogens (tertiary/aromatic N) is 3. The molecule has 1 saturated carbocycles. The zero-order valence-electron chi connectivity index (χ0n) is 15.5. The fourth-order valence-corrected chi connectivity index (χ4v) is 4.45. The van der Waals surface area contributed by atoms with Gasteiger partial charge in [-0.1, -0.05) is 0 Å². The fraction of sp³-hybridized carbons (Fsp3) is 0.550. The van der Waals surface area contributed by atoms with E-state index in [0.717, 1.165) is 51.0 Å². The van der Waals surface area contributed by atoms with E-state index in [-0.39, 0.29) is 11.9 Å². The third-order valence-electron chi connectivity index (χ3n) is 6.03. The number of aromatic nitrogens is 1. The second-order valence-corrected chi connectivity index (χ2v) is 7.80. The molecule has 1 unspecified atom stereocenters. The summed E-state index contributed by atoms with van der Waals surface area (Å²) in [5.74, 6) is 2.28. The summed E-state index contributed by atoms with van der Waals surface area (Å²) in [5, 5.41) is 2.94. The first-order chi connectivity index (χ1) is 13.1. The number of fused-ring (bicyclic) bond motifs is 1. The van der Waals surface area contributed by atoms with Crippen molar-refractivity contribution >= 4 is 23.8 Å². The molecule has 1 aromatic rings. The Morgan fingerprint density at radius 3 is 2.59 bits per heavy atom. The van der Waals surface area contributed by atoms with E-state index in [2.05, 4.69) is 10.3 Å². The molecule has 3 atom stereocenters. The van der Waals surface area contributed by atoms with Crippen LogP contribution in [0.25, 0.3) is 6.08 Å². The molecule has 3 aliphatic rings. The van der Waals surface area contributed by atoms with Crippen LogP contribution in [-0.4, -0.2) is 59.4 Å². The molecule has 7 heteroatoms. The number of nitrogen functional groups attached to an aromatic ring is 1. The first-order valence-electron chi connectivity index (χ1n) is 9.83. The van der Waals surface area contributed by atoms with Gasteiger partial charge in [0.1, 0.15) is 5.82 Å². The maximum atomic E-state index is 12.4. The molecule has 0 radical (unpaired) electrons. The van der Waals surface area contributed by atoms with Crippen LogP contribution in [0.3, 0.4) is 0 Å². The van der Waals surface area contributed by atoms with Gasteiger partial charge in [-0.3, -0.25) is 4.79 Å². The van der Waals surface area contributed by atoms with E-state index in [1.165, 1.54) is 6.08 Å². The number of pyridine rings is 1. The molecule has 1 aromatic heterocycles. The topological polar surface area (TPSA) is 91.6 Å². The predicted molar refractivity (Wildman–Crippen MR) is 104 cm³/mol. The highest BCUT2D eigenvalue weighted by atomic mass is 16.2. The molecule has 2 aliphatic heterocycles. The quantitative estimate of drug-likeness (QED) is 0.771. The number of hydrogen-bond donors (Lipinski definition) is 2. The van der Waals surface area contributed by atoms with Crippen LogP contribution in [0.5, 0.6) is 0 Å². The number of amides is 3. The molecule has 2 saturated heterocycles. The maximum absolute atomic E-state index is 12.4. The van der Waals surface area contributed by atoms with E-state index in [0.29, 0.717) is 30.1 Å². The largest absolute Gasteiger partial charge is 0.384 e. The van der Waals surface area contributed by atoms with Crippen LogP contribution in [0.1, 0.15) is 24.8 Å². The lowest BCUT2D eigenvalue weighted by Gasteiger charge is -2.26. The highest BCUT2D eigenvalue weighted by Gasteiger charge is 2.56. The van der Waals surface area contributed by atoms with Gasteiger partial charge in [0.2, 0.25) is 5.91 Å². The lowest BCUT2D eigenvalue weighted by Crippen LogP contribution is -2.41. The highest BCUT2D eigenvalue weighted by molar-refractivity contribution is 5.91. The van der Waals surface area contributed by atoms with Crippen LogP contribution in [0.2, 0.25) is 0 Å². The van der Waals surface area contributed by atoms with Gasteiger partial charge in [0.15, 0.2) is 0 Å². The van der Waals surface area contributed by atoms with Gasteiger partial charge in [0.05, 0.1) is 0 Å². The van der Waals surface area contributed by atoms with Crippen LogP contribution in [-0.2, 0) is 4.79 Å². The van der Waals surface area contributed by atoms with Crippen molar-refractivity contribution in [3.63, 3.8) is 0 Å². The SMILES string of the molecule is Nc1ccc(/C=C/C(=O)NCCC2[C@H]3CN(C(=O)N4CCCC4)C[C@@H]23)cn1. The van der Waals surface area contributed by atoms with Gasteiger partial charge in [-0.15, -0.1) is 0 Å². The summed E-state index contributed by atoms with van der Waals surface area (Å²) >= 11 is 0. The standard InChI is InChI=1S/C20H27N5O2/c21-18-5-3-14(11-23-18)4-6-19(26)22-8-7-15-16-12-25(13-17(15)16)20(27)24-9-1-2-10-24/h3-6,11,15-17H,1-2,7-10,12-13H2,(H2,21,23)(H,22,26)/b6-4+/t15?,16-,17+. The van der Waals surface area contributed by atoms with Gasteiger partial charge < -0.3 is 20.9 Å². The summed E-state index contributed by atoms with van der Waals surface area (Å²) in [5.41, 5.74) is 6.39. The smallest absolute Gasteiger partial charge is 0.320 e. The predicted octanol–water partition coefficient (Wildman–Crippen LogP) is 1.58. The van der Waals surface area contributed by atoms with Crippen molar-refractivity contribution in [3.05, 3.63) is 30.0 Å². The second-order valence-electron chi connectivity index (χ2n) is 7.80. The Balaban J connectivity index is 1.14. The number of likely N-dealkylation sites (tertiary alicyclic amines) is 2. The van der Waals surface area contributed by atoms with Gasteiger partial charge in [-0.2, -0.15) is 0 Å². The van der Waals surface area contributed by atoms with E-state index >= 15 is 0 Å². The summed E-state index contributed by atoms with van der Waals surface area (Å²) in [6.07, 6.45) is 8.16. The van der Waals surface area contributed by atoms with Crippen LogP contribution in [0.4, 0.5) is 10.6 Å². The molecule has 3 amide bonds. The highest BCUT2D eigenvalue weighted by Crippen LogP contribution is 2.53. The zero-order valence-corrected chi connectivity index (χ0v) is 15.5. The average molecular weight is 369 g/mol. The zero-order chi connectivity index (χ0) is 18.8. The number of nitrogens with one attached hydrogen (secondary N) is 1. The van der Waals surface area contributed by atoms with Gasteiger partial charge in [-0.25, -0.2) is 9.78 Å². The van der Waals surface area contributed by atoms with Crippen LogP contribution < -0.4 is 11.1 Å². The van der Waals surface area contributed by atoms with E-state index in [9.17, 15) is 9.59 Å². The summed E-state index contributed by atoms with van der Waals surface area (Å²) in [7, 11) is 0. The minimum absolute atomic E-state index is 0.0940. The number of rotatable bonds is 5. The van der Waals surface area contributed by atoms with Gasteiger partial charge in [0.25, 0.3) is 0 Å². The molecule has 0 spiro atoms. The van der Waals surface area contributed by atoms with E-state index in [4.69, 9.17) is 5.73 Å². The Bertz CT molecular complexity index is 714. The summed E-state index contributed by atoms with van der Waals surface area (Å²) in [6.45, 7) is 4.30. The number of piperidine rings is 1. The number of anilines is 1. The number of urea groups is 1. The lowest BCUT2D eigenvalue weighted by molar-refractivity contribution is -0.116. The van der Waals surface area contributed by atoms with Crippen molar-refractivity contribution in [1.82, 2.24) is 20.1 Å². The number of nitrogens with two attached hydrogens (primary N) is 1. The minimum atomic E-state index is -0.0940. The third kappa shape index (κ3) is 4.07. The molecule has 3 fully saturated rings. The van der Waals surface area contributed by atoms with E-state index < -0.39 is 0 Å². The van der Waals surface area contributed by atoms with Crippen LogP contribution >= 0.6 is 0 Å². The second kappa shape index (κ2) is 7.58. The normalized spacial score (nSPS) is 26.4. The summed E-state index contributed by atoms with van der Waals surface area (Å²) in [4.78, 5) is 32.3. The molecule has 4 rings (SSSR count). The van der Waals surface area contributed by atoms with Gasteiger partial charge in [-0.05, 0) is 60.8 Å². The third-order valence-corrected chi connectivity index (χ3v) is 6.03. The fourth-order valence-electron chi connectivity index (χ4n) is 4.45. The number of carbonyl (C=O) groups is 2. The summed E-state index contributed by atoms with van der Waals surface area (Å²) in [6, 6.07) is 3.77. The average Bonchev–Trinajstić information content (AvgIpc) is 3.08. The van der Waals surface area contributed by atoms with Crippen molar-refractivity contribution in [1.29, 1.82) is 0 Å². The Hall–Kier alpha value is -2.57. The molecule has 144 valence electrons. The maximum Gasteiger partial charge on any atom is 0.320 e. The Labute approximate surface area is 159 Å². The van der Waals surface area contributed by atoms with Crippen molar-refractivity contribution < 1.29 is 9.59 Å². The minimum Gasteiger partial charge on any atom is -0.384 e. The molecule has 0 bridgehead atoms. The van der Waals surface area contributed by atoms with Crippen LogP contribution in [0.15, 0.2) is 24.4 Å². The van der Waals surface area contributed by atoms with Gasteiger partial charge in [0, 0.05) is 45.0 Å². The Morgan fingerprint density at radius 2 is 1.93 bits per heavy atom. The molecule has 3 heterocycles. The molecular formula is C20H27N5O2. The molecule has 3 N–H and O–H groups in total. The first kappa shape index (κ1) is 17.8. The van der Waals surface area contributed by atoms with Crippen molar-refractivity contribution in [2.24, 2.45) is 17.8 Å². The summed E-state index contributed by atoms with van der Waals surface area (Å²) < 4.78 is 0.